The summed E-state index contributed by atoms with van der Waals surface area (Å²) < 4.78 is 38.0. The molecule has 1 saturated heterocycles. The van der Waals surface area contributed by atoms with E-state index in [1.807, 2.05) is 0 Å². The molecule has 18 heavy (non-hydrogen) atoms. The van der Waals surface area contributed by atoms with Gasteiger partial charge in [-0.05, 0) is 49.4 Å². The van der Waals surface area contributed by atoms with Crippen molar-refractivity contribution in [3.05, 3.63) is 29.3 Å². The van der Waals surface area contributed by atoms with Crippen LogP contribution in [0.5, 0.6) is 0 Å². The summed E-state index contributed by atoms with van der Waals surface area (Å²) in [6.07, 6.45) is -0.641. The van der Waals surface area contributed by atoms with Gasteiger partial charge in [0.1, 0.15) is 0 Å². The van der Waals surface area contributed by atoms with Crippen LogP contribution in [0.25, 0.3) is 0 Å². The van der Waals surface area contributed by atoms with Gasteiger partial charge < -0.3 is 10.6 Å². The maximum Gasteiger partial charge on any atom is 0.416 e. The van der Waals surface area contributed by atoms with Gasteiger partial charge in [0.25, 0.3) is 0 Å². The Morgan fingerprint density at radius 1 is 1.22 bits per heavy atom. The first-order chi connectivity index (χ1) is 8.47. The van der Waals surface area contributed by atoms with E-state index in [9.17, 15) is 13.2 Å². The lowest BCUT2D eigenvalue weighted by Crippen LogP contribution is -2.49. The number of alkyl halides is 3. The van der Waals surface area contributed by atoms with Gasteiger partial charge in [-0.25, -0.2) is 0 Å². The standard InChI is InChI=1S/C13H15F3N2/c14-13(15,16)9-4-5-11-8(6-9)7-10-2-1-3-12(17)18(10)11/h4-6,10,12H,1-3,7,17H2. The van der Waals surface area contributed by atoms with E-state index in [1.54, 1.807) is 6.07 Å². The van der Waals surface area contributed by atoms with Crippen LogP contribution in [-0.4, -0.2) is 12.2 Å². The molecule has 1 aromatic carbocycles. The Bertz CT molecular complexity index is 470. The number of benzene rings is 1. The summed E-state index contributed by atoms with van der Waals surface area (Å²) in [7, 11) is 0. The maximum absolute atomic E-state index is 12.7. The van der Waals surface area contributed by atoms with Crippen molar-refractivity contribution in [1.29, 1.82) is 0 Å². The monoisotopic (exact) mass is 256 g/mol. The SMILES string of the molecule is NC1CCCC2Cc3cc(C(F)(F)F)ccc3N12. The smallest absolute Gasteiger partial charge is 0.353 e. The lowest BCUT2D eigenvalue weighted by atomic mass is 9.99. The molecule has 98 valence electrons. The number of rotatable bonds is 0. The first-order valence-electron chi connectivity index (χ1n) is 6.21. The fraction of sp³-hybridized carbons (Fsp3) is 0.538. The van der Waals surface area contributed by atoms with Crippen LogP contribution in [-0.2, 0) is 12.6 Å². The summed E-state index contributed by atoms with van der Waals surface area (Å²) in [5.74, 6) is 0. The molecule has 2 unspecified atom stereocenters. The minimum Gasteiger partial charge on any atom is -0.353 e. The van der Waals surface area contributed by atoms with Gasteiger partial charge in [-0.15, -0.1) is 0 Å². The molecule has 0 radical (unpaired) electrons. The van der Waals surface area contributed by atoms with Crippen molar-refractivity contribution in [3.63, 3.8) is 0 Å². The predicted octanol–water partition coefficient (Wildman–Crippen LogP) is 2.91. The van der Waals surface area contributed by atoms with Gasteiger partial charge in [-0.2, -0.15) is 13.2 Å². The van der Waals surface area contributed by atoms with Crippen molar-refractivity contribution in [3.8, 4) is 0 Å². The van der Waals surface area contributed by atoms with Crippen LogP contribution < -0.4 is 10.6 Å². The largest absolute Gasteiger partial charge is 0.416 e. The van der Waals surface area contributed by atoms with Crippen molar-refractivity contribution in [2.45, 2.75) is 44.1 Å². The highest BCUT2D eigenvalue weighted by Crippen LogP contribution is 2.41. The first-order valence-corrected chi connectivity index (χ1v) is 6.21. The average Bonchev–Trinajstić information content (AvgIpc) is 2.66. The normalized spacial score (nSPS) is 27.0. The molecular formula is C13H15F3N2. The molecule has 0 amide bonds. The van der Waals surface area contributed by atoms with E-state index in [0.29, 0.717) is 6.42 Å². The Kier molecular flexibility index (Phi) is 2.55. The summed E-state index contributed by atoms with van der Waals surface area (Å²) in [6, 6.07) is 4.29. The molecule has 3 rings (SSSR count). The van der Waals surface area contributed by atoms with Crippen molar-refractivity contribution < 1.29 is 13.2 Å². The topological polar surface area (TPSA) is 29.3 Å². The highest BCUT2D eigenvalue weighted by Gasteiger charge is 2.38. The number of nitrogens with zero attached hydrogens (tertiary/aromatic N) is 1. The van der Waals surface area contributed by atoms with Crippen molar-refractivity contribution in [2.24, 2.45) is 5.73 Å². The fourth-order valence-corrected chi connectivity index (χ4v) is 3.12. The van der Waals surface area contributed by atoms with Crippen LogP contribution in [0, 0.1) is 0 Å². The molecule has 2 atom stereocenters. The maximum atomic E-state index is 12.7. The first kappa shape index (κ1) is 11.8. The van der Waals surface area contributed by atoms with Crippen LogP contribution in [0.15, 0.2) is 18.2 Å². The number of hydrogen-bond donors (Lipinski definition) is 1. The number of halogens is 3. The second kappa shape index (κ2) is 3.88. The molecule has 2 aliphatic rings. The molecule has 0 spiro atoms. The summed E-state index contributed by atoms with van der Waals surface area (Å²) in [5, 5.41) is 0. The van der Waals surface area contributed by atoms with Crippen LogP contribution in [0.2, 0.25) is 0 Å². The van der Waals surface area contributed by atoms with Crippen LogP contribution in [0.4, 0.5) is 18.9 Å². The third-order valence-electron chi connectivity index (χ3n) is 3.93. The Hall–Kier alpha value is -1.23. The second-order valence-electron chi connectivity index (χ2n) is 5.10. The second-order valence-corrected chi connectivity index (χ2v) is 5.10. The van der Waals surface area contributed by atoms with Gasteiger partial charge >= 0.3 is 6.18 Å². The van der Waals surface area contributed by atoms with Crippen LogP contribution in [0.3, 0.4) is 0 Å². The molecule has 5 heteroatoms. The van der Waals surface area contributed by atoms with Gasteiger partial charge in [-0.1, -0.05) is 0 Å². The Labute approximate surface area is 104 Å². The molecule has 1 fully saturated rings. The van der Waals surface area contributed by atoms with E-state index < -0.39 is 11.7 Å². The quantitative estimate of drug-likeness (QED) is 0.773. The third-order valence-corrected chi connectivity index (χ3v) is 3.93. The van der Waals surface area contributed by atoms with E-state index in [0.717, 1.165) is 36.6 Å². The Morgan fingerprint density at radius 3 is 2.72 bits per heavy atom. The summed E-state index contributed by atoms with van der Waals surface area (Å²) in [6.45, 7) is 0. The van der Waals surface area contributed by atoms with E-state index in [2.05, 4.69) is 4.90 Å². The molecule has 2 N–H and O–H groups in total. The van der Waals surface area contributed by atoms with Gasteiger partial charge in [0.15, 0.2) is 0 Å². The predicted molar refractivity (Wildman–Crippen MR) is 63.2 cm³/mol. The number of hydrogen-bond acceptors (Lipinski definition) is 2. The van der Waals surface area contributed by atoms with Crippen LogP contribution in [0.1, 0.15) is 30.4 Å². The van der Waals surface area contributed by atoms with Gasteiger partial charge in [0.2, 0.25) is 0 Å². The van der Waals surface area contributed by atoms with E-state index in [1.165, 1.54) is 6.07 Å². The molecule has 2 aliphatic heterocycles. The number of nitrogens with two attached hydrogens (primary N) is 1. The lowest BCUT2D eigenvalue weighted by Gasteiger charge is -2.37. The zero-order valence-corrected chi connectivity index (χ0v) is 9.87. The fourth-order valence-electron chi connectivity index (χ4n) is 3.12. The molecule has 0 bridgehead atoms. The van der Waals surface area contributed by atoms with Crippen molar-refractivity contribution in [1.82, 2.24) is 0 Å². The summed E-state index contributed by atoms with van der Waals surface area (Å²) in [4.78, 5) is 2.10. The summed E-state index contributed by atoms with van der Waals surface area (Å²) >= 11 is 0. The number of fused-ring (bicyclic) bond motifs is 3. The zero-order valence-electron chi connectivity index (χ0n) is 9.87. The van der Waals surface area contributed by atoms with Crippen molar-refractivity contribution >= 4 is 5.69 Å². The molecule has 2 heterocycles. The third kappa shape index (κ3) is 1.77. The van der Waals surface area contributed by atoms with E-state index in [4.69, 9.17) is 5.73 Å². The molecule has 2 nitrogen and oxygen atoms in total. The zero-order chi connectivity index (χ0) is 12.9. The van der Waals surface area contributed by atoms with E-state index >= 15 is 0 Å². The van der Waals surface area contributed by atoms with Gasteiger partial charge in [0, 0.05) is 11.7 Å². The molecule has 0 aliphatic carbocycles. The molecule has 1 aromatic rings. The highest BCUT2D eigenvalue weighted by molar-refractivity contribution is 5.61. The van der Waals surface area contributed by atoms with Gasteiger partial charge in [0.05, 0.1) is 11.7 Å². The molecule has 0 saturated carbocycles. The minimum absolute atomic E-state index is 0.0539. The highest BCUT2D eigenvalue weighted by atomic mass is 19.4. The van der Waals surface area contributed by atoms with Gasteiger partial charge in [-0.3, -0.25) is 0 Å². The minimum atomic E-state index is -4.26. The Balaban J connectivity index is 1.99. The molecule has 0 aromatic heterocycles. The molecular weight excluding hydrogens is 241 g/mol. The number of piperidine rings is 1. The number of anilines is 1. The van der Waals surface area contributed by atoms with Crippen LogP contribution >= 0.6 is 0 Å². The van der Waals surface area contributed by atoms with E-state index in [-0.39, 0.29) is 12.2 Å². The Morgan fingerprint density at radius 2 is 2.00 bits per heavy atom. The average molecular weight is 256 g/mol. The lowest BCUT2D eigenvalue weighted by molar-refractivity contribution is -0.137. The summed E-state index contributed by atoms with van der Waals surface area (Å²) in [5.41, 5.74) is 7.18. The van der Waals surface area contributed by atoms with Crippen molar-refractivity contribution in [2.75, 3.05) is 4.90 Å².